The normalized spacial score (nSPS) is 11.1. The van der Waals surface area contributed by atoms with Crippen molar-refractivity contribution in [1.82, 2.24) is 9.55 Å². The van der Waals surface area contributed by atoms with E-state index in [0.717, 1.165) is 12.4 Å². The third-order valence-corrected chi connectivity index (χ3v) is 2.88. The lowest BCUT2D eigenvalue weighted by Crippen LogP contribution is -2.04. The Morgan fingerprint density at radius 2 is 2.36 bits per heavy atom. The Labute approximate surface area is 88.2 Å². The van der Waals surface area contributed by atoms with Crippen LogP contribution in [0.2, 0.25) is 0 Å². The van der Waals surface area contributed by atoms with Gasteiger partial charge in [-0.2, -0.15) is 0 Å². The van der Waals surface area contributed by atoms with E-state index in [-0.39, 0.29) is 0 Å². The van der Waals surface area contributed by atoms with Crippen molar-refractivity contribution in [1.29, 1.82) is 0 Å². The number of imidazole rings is 1. The van der Waals surface area contributed by atoms with Crippen LogP contribution in [0.25, 0.3) is 10.7 Å². The lowest BCUT2D eigenvalue weighted by Gasteiger charge is -2.08. The molecule has 2 rings (SSSR count). The summed E-state index contributed by atoms with van der Waals surface area (Å²) in [7, 11) is 0. The quantitative estimate of drug-likeness (QED) is 0.753. The molecule has 0 saturated carbocycles. The molecule has 0 fully saturated rings. The van der Waals surface area contributed by atoms with Gasteiger partial charge in [0.15, 0.2) is 0 Å². The van der Waals surface area contributed by atoms with Crippen molar-refractivity contribution >= 4 is 11.3 Å². The van der Waals surface area contributed by atoms with Gasteiger partial charge in [0, 0.05) is 18.9 Å². The van der Waals surface area contributed by atoms with Gasteiger partial charge in [0.2, 0.25) is 0 Å². The zero-order chi connectivity index (χ0) is 9.97. The molecule has 0 radical (unpaired) electrons. The van der Waals surface area contributed by atoms with Gasteiger partial charge in [-0.3, -0.25) is 0 Å². The Kier molecular flexibility index (Phi) is 2.68. The highest BCUT2D eigenvalue weighted by atomic mass is 32.1. The molecule has 14 heavy (non-hydrogen) atoms. The van der Waals surface area contributed by atoms with Crippen molar-refractivity contribution in [2.75, 3.05) is 0 Å². The topological polar surface area (TPSA) is 17.8 Å². The van der Waals surface area contributed by atoms with Crippen molar-refractivity contribution in [3.63, 3.8) is 0 Å². The van der Waals surface area contributed by atoms with Crippen LogP contribution >= 0.6 is 11.3 Å². The van der Waals surface area contributed by atoms with Crippen LogP contribution in [0, 0.1) is 5.92 Å². The van der Waals surface area contributed by atoms with E-state index in [0.29, 0.717) is 5.92 Å². The highest BCUT2D eigenvalue weighted by Gasteiger charge is 2.07. The predicted octanol–water partition coefficient (Wildman–Crippen LogP) is 3.27. The molecular weight excluding hydrogens is 192 g/mol. The summed E-state index contributed by atoms with van der Waals surface area (Å²) in [6.45, 7) is 5.48. The monoisotopic (exact) mass is 206 g/mol. The summed E-state index contributed by atoms with van der Waals surface area (Å²) < 4.78 is 2.22. The highest BCUT2D eigenvalue weighted by Crippen LogP contribution is 2.23. The fraction of sp³-hybridized carbons (Fsp3) is 0.364. The van der Waals surface area contributed by atoms with Crippen LogP contribution in [-0.2, 0) is 6.54 Å². The Morgan fingerprint density at radius 1 is 1.50 bits per heavy atom. The number of hydrogen-bond donors (Lipinski definition) is 0. The lowest BCUT2D eigenvalue weighted by atomic mass is 10.2. The van der Waals surface area contributed by atoms with Crippen LogP contribution in [0.15, 0.2) is 29.9 Å². The first-order valence-electron chi connectivity index (χ1n) is 4.82. The average molecular weight is 206 g/mol. The summed E-state index contributed by atoms with van der Waals surface area (Å²) in [6.07, 6.45) is 3.92. The van der Waals surface area contributed by atoms with Gasteiger partial charge in [0.1, 0.15) is 5.82 Å². The smallest absolute Gasteiger partial charge is 0.149 e. The maximum Gasteiger partial charge on any atom is 0.149 e. The molecule has 0 atom stereocenters. The van der Waals surface area contributed by atoms with Crippen LogP contribution in [-0.4, -0.2) is 9.55 Å². The van der Waals surface area contributed by atoms with E-state index in [9.17, 15) is 0 Å². The molecule has 0 aliphatic carbocycles. The lowest BCUT2D eigenvalue weighted by molar-refractivity contribution is 0.527. The van der Waals surface area contributed by atoms with E-state index < -0.39 is 0 Å². The summed E-state index contributed by atoms with van der Waals surface area (Å²) in [5, 5.41) is 2.09. The summed E-state index contributed by atoms with van der Waals surface area (Å²) in [4.78, 5) is 5.63. The van der Waals surface area contributed by atoms with Crippen LogP contribution in [0.5, 0.6) is 0 Å². The van der Waals surface area contributed by atoms with E-state index in [4.69, 9.17) is 0 Å². The molecule has 74 valence electrons. The summed E-state index contributed by atoms with van der Waals surface area (Å²) in [6, 6.07) is 4.18. The predicted molar refractivity (Wildman–Crippen MR) is 60.4 cm³/mol. The minimum atomic E-state index is 0.655. The first-order chi connectivity index (χ1) is 6.77. The second-order valence-corrected chi connectivity index (χ2v) is 4.72. The first-order valence-corrected chi connectivity index (χ1v) is 5.70. The molecular formula is C11H14N2S. The molecule has 0 aliphatic heterocycles. The first kappa shape index (κ1) is 9.46. The van der Waals surface area contributed by atoms with Crippen molar-refractivity contribution < 1.29 is 0 Å². The molecule has 0 spiro atoms. The number of hydrogen-bond acceptors (Lipinski definition) is 2. The van der Waals surface area contributed by atoms with Crippen molar-refractivity contribution in [3.8, 4) is 10.7 Å². The largest absolute Gasteiger partial charge is 0.330 e. The summed E-state index contributed by atoms with van der Waals surface area (Å²) in [5.74, 6) is 1.75. The Balaban J connectivity index is 2.30. The van der Waals surface area contributed by atoms with Gasteiger partial charge in [0.05, 0.1) is 4.88 Å². The van der Waals surface area contributed by atoms with Crippen LogP contribution in [0.1, 0.15) is 13.8 Å². The number of nitrogens with zero attached hydrogens (tertiary/aromatic N) is 2. The van der Waals surface area contributed by atoms with E-state index >= 15 is 0 Å². The average Bonchev–Trinajstić information content (AvgIpc) is 2.70. The second kappa shape index (κ2) is 3.96. The van der Waals surface area contributed by atoms with Crippen molar-refractivity contribution in [2.24, 2.45) is 5.92 Å². The molecule has 0 saturated heterocycles. The minimum Gasteiger partial charge on any atom is -0.330 e. The maximum absolute atomic E-state index is 4.39. The Bertz CT molecular complexity index is 387. The Hall–Kier alpha value is -1.09. The molecule has 0 aliphatic rings. The molecule has 0 amide bonds. The zero-order valence-corrected chi connectivity index (χ0v) is 9.29. The van der Waals surface area contributed by atoms with Crippen molar-refractivity contribution in [3.05, 3.63) is 29.9 Å². The maximum atomic E-state index is 4.39. The third-order valence-electron chi connectivity index (χ3n) is 2.02. The van der Waals surface area contributed by atoms with Gasteiger partial charge in [-0.15, -0.1) is 11.3 Å². The molecule has 2 aromatic heterocycles. The van der Waals surface area contributed by atoms with Crippen molar-refractivity contribution in [2.45, 2.75) is 20.4 Å². The number of rotatable bonds is 3. The fourth-order valence-electron chi connectivity index (χ4n) is 1.48. The minimum absolute atomic E-state index is 0.655. The second-order valence-electron chi connectivity index (χ2n) is 3.77. The van der Waals surface area contributed by atoms with Crippen LogP contribution in [0.4, 0.5) is 0 Å². The molecule has 0 unspecified atom stereocenters. The van der Waals surface area contributed by atoms with Gasteiger partial charge < -0.3 is 4.57 Å². The SMILES string of the molecule is CC(C)Cn1ccnc1-c1cccs1. The van der Waals surface area contributed by atoms with Gasteiger partial charge in [0.25, 0.3) is 0 Å². The zero-order valence-electron chi connectivity index (χ0n) is 8.47. The summed E-state index contributed by atoms with van der Waals surface area (Å²) >= 11 is 1.74. The molecule has 2 aromatic rings. The van der Waals surface area contributed by atoms with Gasteiger partial charge in [-0.25, -0.2) is 4.98 Å². The van der Waals surface area contributed by atoms with Crippen LogP contribution < -0.4 is 0 Å². The third kappa shape index (κ3) is 1.87. The molecule has 0 N–H and O–H groups in total. The molecule has 2 nitrogen and oxygen atoms in total. The molecule has 2 heterocycles. The molecule has 0 aromatic carbocycles. The highest BCUT2D eigenvalue weighted by molar-refractivity contribution is 7.13. The van der Waals surface area contributed by atoms with Gasteiger partial charge in [-0.05, 0) is 17.4 Å². The fourth-order valence-corrected chi connectivity index (χ4v) is 2.22. The van der Waals surface area contributed by atoms with E-state index in [1.807, 2.05) is 6.20 Å². The standard InChI is InChI=1S/C11H14N2S/c1-9(2)8-13-6-5-12-11(13)10-4-3-7-14-10/h3-7,9H,8H2,1-2H3. The van der Waals surface area contributed by atoms with E-state index in [2.05, 4.69) is 47.1 Å². The van der Waals surface area contributed by atoms with E-state index in [1.54, 1.807) is 11.3 Å². The molecule has 0 bridgehead atoms. The summed E-state index contributed by atoms with van der Waals surface area (Å²) in [5.41, 5.74) is 0. The van der Waals surface area contributed by atoms with Gasteiger partial charge >= 0.3 is 0 Å². The number of thiophene rings is 1. The van der Waals surface area contributed by atoms with Gasteiger partial charge in [-0.1, -0.05) is 19.9 Å². The Morgan fingerprint density at radius 3 is 3.00 bits per heavy atom. The van der Waals surface area contributed by atoms with E-state index in [1.165, 1.54) is 4.88 Å². The number of aromatic nitrogens is 2. The van der Waals surface area contributed by atoms with Crippen LogP contribution in [0.3, 0.4) is 0 Å². The molecule has 3 heteroatoms.